The van der Waals surface area contributed by atoms with Crippen molar-refractivity contribution in [2.24, 2.45) is 0 Å². The topological polar surface area (TPSA) is 71.8 Å². The summed E-state index contributed by atoms with van der Waals surface area (Å²) in [5.74, 6) is -1.05. The molecule has 2 aromatic rings. The first-order chi connectivity index (χ1) is 12.5. The molecule has 0 spiro atoms. The van der Waals surface area contributed by atoms with Crippen LogP contribution in [-0.2, 0) is 16.1 Å². The van der Waals surface area contributed by atoms with E-state index in [1.54, 1.807) is 23.1 Å². The maximum absolute atomic E-state index is 14.1. The molecule has 1 amide bonds. The van der Waals surface area contributed by atoms with Crippen LogP contribution in [0.4, 0.5) is 4.39 Å². The summed E-state index contributed by atoms with van der Waals surface area (Å²) in [7, 11) is 1.30. The lowest BCUT2D eigenvalue weighted by Gasteiger charge is -2.22. The second-order valence-electron chi connectivity index (χ2n) is 6.05. The van der Waals surface area contributed by atoms with E-state index in [-0.39, 0.29) is 29.3 Å². The third-order valence-electron chi connectivity index (χ3n) is 4.38. The number of esters is 1. The molecule has 8 heteroatoms. The van der Waals surface area contributed by atoms with Gasteiger partial charge in [0.1, 0.15) is 11.9 Å². The Morgan fingerprint density at radius 3 is 2.85 bits per heavy atom. The molecule has 1 aromatic heterocycles. The minimum Gasteiger partial charge on any atom is -0.468 e. The Morgan fingerprint density at radius 2 is 2.19 bits per heavy atom. The molecule has 0 aliphatic carbocycles. The number of carbonyl (C=O) groups excluding carboxylic acids is 2. The van der Waals surface area contributed by atoms with Crippen molar-refractivity contribution in [1.82, 2.24) is 10.2 Å². The molecule has 2 heterocycles. The zero-order valence-corrected chi connectivity index (χ0v) is 14.8. The predicted octanol–water partition coefficient (Wildman–Crippen LogP) is 2.62. The van der Waals surface area contributed by atoms with Gasteiger partial charge in [-0.15, -0.1) is 0 Å². The largest absolute Gasteiger partial charge is 0.468 e. The van der Waals surface area contributed by atoms with Gasteiger partial charge in [0.2, 0.25) is 0 Å². The van der Waals surface area contributed by atoms with Gasteiger partial charge in [-0.05, 0) is 30.7 Å². The summed E-state index contributed by atoms with van der Waals surface area (Å²) in [6.45, 7) is 0.495. The highest BCUT2D eigenvalue weighted by molar-refractivity contribution is 6.31. The summed E-state index contributed by atoms with van der Waals surface area (Å²) in [6.07, 6.45) is 1.76. The minimum atomic E-state index is -0.599. The van der Waals surface area contributed by atoms with Crippen LogP contribution in [0.1, 0.15) is 22.5 Å². The molecule has 0 radical (unpaired) electrons. The fourth-order valence-corrected chi connectivity index (χ4v) is 3.34. The Hall–Kier alpha value is -2.38. The molecule has 1 aromatic carbocycles. The van der Waals surface area contributed by atoms with Crippen LogP contribution < -0.4 is 5.32 Å². The summed E-state index contributed by atoms with van der Waals surface area (Å²) in [5.41, 5.74) is 0.307. The zero-order chi connectivity index (χ0) is 18.7. The van der Waals surface area contributed by atoms with E-state index in [9.17, 15) is 14.0 Å². The van der Waals surface area contributed by atoms with Crippen LogP contribution >= 0.6 is 11.6 Å². The first-order valence-corrected chi connectivity index (χ1v) is 8.46. The summed E-state index contributed by atoms with van der Waals surface area (Å²) in [5, 5.41) is 3.11. The Morgan fingerprint density at radius 1 is 1.38 bits per heavy atom. The van der Waals surface area contributed by atoms with Crippen LogP contribution in [0.5, 0.6) is 0 Å². The lowest BCUT2D eigenvalue weighted by molar-refractivity contribution is -0.146. The summed E-state index contributed by atoms with van der Waals surface area (Å²) < 4.78 is 24.0. The molecule has 2 atom stereocenters. The van der Waals surface area contributed by atoms with Gasteiger partial charge in [0, 0.05) is 29.7 Å². The molecule has 1 fully saturated rings. The monoisotopic (exact) mass is 380 g/mol. The van der Waals surface area contributed by atoms with E-state index in [1.165, 1.54) is 25.5 Å². The fourth-order valence-electron chi connectivity index (χ4n) is 3.11. The predicted molar refractivity (Wildman–Crippen MR) is 92.2 cm³/mol. The molecule has 0 unspecified atom stereocenters. The van der Waals surface area contributed by atoms with E-state index >= 15 is 0 Å². The van der Waals surface area contributed by atoms with Crippen LogP contribution in [0.2, 0.25) is 5.02 Å². The van der Waals surface area contributed by atoms with Crippen molar-refractivity contribution < 1.29 is 23.1 Å². The first-order valence-electron chi connectivity index (χ1n) is 8.08. The second-order valence-corrected chi connectivity index (χ2v) is 6.46. The van der Waals surface area contributed by atoms with Crippen LogP contribution in [0.25, 0.3) is 0 Å². The third kappa shape index (κ3) is 3.89. The molecular formula is C18H18ClFN2O4. The third-order valence-corrected chi connectivity index (χ3v) is 4.73. The molecule has 6 nitrogen and oxygen atoms in total. The van der Waals surface area contributed by atoms with Crippen molar-refractivity contribution in [3.63, 3.8) is 0 Å². The number of nitrogens with one attached hydrogen (secondary N) is 1. The Labute approximate surface area is 154 Å². The number of halogens is 2. The highest BCUT2D eigenvalue weighted by Gasteiger charge is 2.39. The Bertz CT molecular complexity index is 776. The summed E-state index contributed by atoms with van der Waals surface area (Å²) in [6, 6.07) is 6.71. The van der Waals surface area contributed by atoms with Crippen LogP contribution in [-0.4, -0.2) is 42.5 Å². The van der Waals surface area contributed by atoms with Gasteiger partial charge in [0.25, 0.3) is 5.91 Å². The fraction of sp³-hybridized carbons (Fsp3) is 0.333. The number of furan rings is 1. The molecule has 3 rings (SSSR count). The van der Waals surface area contributed by atoms with Gasteiger partial charge in [-0.2, -0.15) is 0 Å². The van der Waals surface area contributed by atoms with Gasteiger partial charge in [-0.3, -0.25) is 14.5 Å². The number of amides is 1. The van der Waals surface area contributed by atoms with E-state index in [2.05, 4.69) is 5.32 Å². The number of hydrogen-bond donors (Lipinski definition) is 1. The Kier molecular flexibility index (Phi) is 5.58. The van der Waals surface area contributed by atoms with Crippen molar-refractivity contribution in [2.45, 2.75) is 25.0 Å². The first kappa shape index (κ1) is 18.4. The minimum absolute atomic E-state index is 0.137. The van der Waals surface area contributed by atoms with Gasteiger partial charge in [-0.25, -0.2) is 4.39 Å². The number of hydrogen-bond acceptors (Lipinski definition) is 5. The molecule has 1 aliphatic heterocycles. The zero-order valence-electron chi connectivity index (χ0n) is 14.1. The number of nitrogens with zero attached hydrogens (tertiary/aromatic N) is 1. The number of benzene rings is 1. The van der Waals surface area contributed by atoms with Gasteiger partial charge >= 0.3 is 5.97 Å². The maximum Gasteiger partial charge on any atom is 0.323 e. The molecule has 1 aliphatic rings. The quantitative estimate of drug-likeness (QED) is 0.807. The highest BCUT2D eigenvalue weighted by Crippen LogP contribution is 2.26. The molecule has 26 heavy (non-hydrogen) atoms. The molecule has 138 valence electrons. The number of ether oxygens (including phenoxy) is 1. The summed E-state index contributed by atoms with van der Waals surface area (Å²) >= 11 is 6.09. The lowest BCUT2D eigenvalue weighted by Crippen LogP contribution is -2.38. The smallest absolute Gasteiger partial charge is 0.323 e. The molecule has 1 saturated heterocycles. The highest BCUT2D eigenvalue weighted by atomic mass is 35.5. The van der Waals surface area contributed by atoms with Gasteiger partial charge in [-0.1, -0.05) is 17.7 Å². The normalized spacial score (nSPS) is 20.1. The van der Waals surface area contributed by atoms with Gasteiger partial charge < -0.3 is 14.5 Å². The van der Waals surface area contributed by atoms with Gasteiger partial charge in [0.05, 0.1) is 13.4 Å². The Balaban J connectivity index is 1.75. The summed E-state index contributed by atoms with van der Waals surface area (Å²) in [4.78, 5) is 26.0. The average Bonchev–Trinajstić information content (AvgIpc) is 3.27. The second kappa shape index (κ2) is 7.88. The van der Waals surface area contributed by atoms with Crippen molar-refractivity contribution in [2.75, 3.05) is 13.7 Å². The van der Waals surface area contributed by atoms with E-state index in [0.29, 0.717) is 18.5 Å². The van der Waals surface area contributed by atoms with Gasteiger partial charge in [0.15, 0.2) is 5.76 Å². The number of methoxy groups -OCH3 is 1. The van der Waals surface area contributed by atoms with Crippen molar-refractivity contribution >= 4 is 23.5 Å². The number of rotatable bonds is 5. The molecular weight excluding hydrogens is 363 g/mol. The van der Waals surface area contributed by atoms with E-state index in [1.807, 2.05) is 0 Å². The SMILES string of the molecule is COC(=O)[C@@H]1C[C@H](NC(=O)c2ccco2)CN1Cc1c(F)cccc1Cl. The van der Waals surface area contributed by atoms with E-state index in [0.717, 1.165) is 0 Å². The van der Waals surface area contributed by atoms with Crippen molar-refractivity contribution in [3.8, 4) is 0 Å². The van der Waals surface area contributed by atoms with Crippen LogP contribution in [0.3, 0.4) is 0 Å². The molecule has 1 N–H and O–H groups in total. The lowest BCUT2D eigenvalue weighted by atomic mass is 10.1. The maximum atomic E-state index is 14.1. The average molecular weight is 381 g/mol. The van der Waals surface area contributed by atoms with E-state index in [4.69, 9.17) is 20.8 Å². The number of likely N-dealkylation sites (tertiary alicyclic amines) is 1. The van der Waals surface area contributed by atoms with Crippen LogP contribution in [0, 0.1) is 5.82 Å². The molecule has 0 bridgehead atoms. The standard InChI is InChI=1S/C18H18ClFN2O4/c1-25-18(24)15-8-11(21-17(23)16-6-3-7-26-16)9-22(15)10-12-13(19)4-2-5-14(12)20/h2-7,11,15H,8-10H2,1H3,(H,21,23)/t11-,15-/m0/s1. The van der Waals surface area contributed by atoms with E-state index < -0.39 is 17.8 Å². The molecule has 0 saturated carbocycles. The van der Waals surface area contributed by atoms with Crippen molar-refractivity contribution in [3.05, 3.63) is 58.8 Å². The van der Waals surface area contributed by atoms with Crippen molar-refractivity contribution in [1.29, 1.82) is 0 Å². The number of carbonyl (C=O) groups is 2. The van der Waals surface area contributed by atoms with Crippen LogP contribution in [0.15, 0.2) is 41.0 Å².